The third kappa shape index (κ3) is 4.91. The SMILES string of the molecule is O=C(Cc1ccccc1)NCCc1nc2ccccc2n1CCc1ccccc1. The van der Waals surface area contributed by atoms with Gasteiger partial charge in [-0.3, -0.25) is 4.79 Å². The van der Waals surface area contributed by atoms with E-state index < -0.39 is 0 Å². The first-order chi connectivity index (χ1) is 14.3. The molecule has 0 unspecified atom stereocenters. The summed E-state index contributed by atoms with van der Waals surface area (Å²) in [4.78, 5) is 17.0. The quantitative estimate of drug-likeness (QED) is 0.496. The molecule has 29 heavy (non-hydrogen) atoms. The van der Waals surface area contributed by atoms with Crippen LogP contribution in [0.15, 0.2) is 84.9 Å². The minimum atomic E-state index is 0.0446. The Bertz CT molecular complexity index is 1070. The van der Waals surface area contributed by atoms with Gasteiger partial charge in [0.2, 0.25) is 5.91 Å². The van der Waals surface area contributed by atoms with E-state index in [1.807, 2.05) is 48.5 Å². The van der Waals surface area contributed by atoms with Crippen LogP contribution in [-0.2, 0) is 30.6 Å². The maximum atomic E-state index is 12.2. The van der Waals surface area contributed by atoms with E-state index in [1.165, 1.54) is 5.56 Å². The van der Waals surface area contributed by atoms with E-state index in [0.29, 0.717) is 19.4 Å². The van der Waals surface area contributed by atoms with Crippen molar-refractivity contribution in [2.45, 2.75) is 25.8 Å². The Morgan fingerprint density at radius 3 is 2.21 bits per heavy atom. The molecule has 0 aliphatic heterocycles. The molecule has 1 N–H and O–H groups in total. The highest BCUT2D eigenvalue weighted by Crippen LogP contribution is 2.17. The number of carbonyl (C=O) groups excluding carboxylic acids is 1. The zero-order valence-corrected chi connectivity index (χ0v) is 16.4. The van der Waals surface area contributed by atoms with E-state index in [1.54, 1.807) is 0 Å². The number of imidazole rings is 1. The van der Waals surface area contributed by atoms with Crippen LogP contribution in [0.2, 0.25) is 0 Å². The van der Waals surface area contributed by atoms with Crippen molar-refractivity contribution >= 4 is 16.9 Å². The summed E-state index contributed by atoms with van der Waals surface area (Å²) in [5.74, 6) is 1.06. The number of amides is 1. The molecule has 3 aromatic carbocycles. The summed E-state index contributed by atoms with van der Waals surface area (Å²) in [6.07, 6.45) is 2.07. The van der Waals surface area contributed by atoms with Crippen LogP contribution in [0.3, 0.4) is 0 Å². The number of rotatable bonds is 8. The van der Waals surface area contributed by atoms with Gasteiger partial charge in [0.1, 0.15) is 5.82 Å². The average molecular weight is 383 g/mol. The van der Waals surface area contributed by atoms with E-state index in [0.717, 1.165) is 35.4 Å². The molecule has 1 aromatic heterocycles. The van der Waals surface area contributed by atoms with Crippen molar-refractivity contribution in [3.8, 4) is 0 Å². The number of benzene rings is 3. The third-order valence-corrected chi connectivity index (χ3v) is 5.08. The molecule has 0 atom stereocenters. The van der Waals surface area contributed by atoms with Crippen molar-refractivity contribution < 1.29 is 4.79 Å². The predicted molar refractivity (Wildman–Crippen MR) is 117 cm³/mol. The number of nitrogens with zero attached hydrogens (tertiary/aromatic N) is 2. The normalized spacial score (nSPS) is 10.9. The van der Waals surface area contributed by atoms with Gasteiger partial charge in [-0.05, 0) is 29.7 Å². The number of carbonyl (C=O) groups is 1. The molecular formula is C25H25N3O. The lowest BCUT2D eigenvalue weighted by Gasteiger charge is -2.10. The maximum absolute atomic E-state index is 12.2. The number of aromatic nitrogens is 2. The highest BCUT2D eigenvalue weighted by Gasteiger charge is 2.11. The maximum Gasteiger partial charge on any atom is 0.224 e. The van der Waals surface area contributed by atoms with Crippen LogP contribution in [0.4, 0.5) is 0 Å². The van der Waals surface area contributed by atoms with Crippen LogP contribution in [-0.4, -0.2) is 22.0 Å². The molecule has 0 fully saturated rings. The van der Waals surface area contributed by atoms with Crippen LogP contribution < -0.4 is 5.32 Å². The van der Waals surface area contributed by atoms with Gasteiger partial charge in [0.05, 0.1) is 17.5 Å². The van der Waals surface area contributed by atoms with Crippen molar-refractivity contribution in [3.05, 3.63) is 102 Å². The van der Waals surface area contributed by atoms with Crippen LogP contribution in [0.1, 0.15) is 17.0 Å². The summed E-state index contributed by atoms with van der Waals surface area (Å²) >= 11 is 0. The van der Waals surface area contributed by atoms with Gasteiger partial charge in [0.25, 0.3) is 0 Å². The monoisotopic (exact) mass is 383 g/mol. The van der Waals surface area contributed by atoms with Crippen molar-refractivity contribution in [1.82, 2.24) is 14.9 Å². The van der Waals surface area contributed by atoms with Crippen LogP contribution in [0.5, 0.6) is 0 Å². The molecule has 0 saturated heterocycles. The molecule has 0 bridgehead atoms. The van der Waals surface area contributed by atoms with Gasteiger partial charge < -0.3 is 9.88 Å². The Kier molecular flexibility index (Phi) is 6.01. The lowest BCUT2D eigenvalue weighted by molar-refractivity contribution is -0.120. The summed E-state index contributed by atoms with van der Waals surface area (Å²) in [5.41, 5.74) is 4.49. The topological polar surface area (TPSA) is 46.9 Å². The minimum Gasteiger partial charge on any atom is -0.355 e. The van der Waals surface area contributed by atoms with E-state index in [2.05, 4.69) is 46.3 Å². The zero-order chi connectivity index (χ0) is 19.9. The van der Waals surface area contributed by atoms with E-state index in [4.69, 9.17) is 4.98 Å². The average Bonchev–Trinajstić information content (AvgIpc) is 3.11. The Morgan fingerprint density at radius 1 is 0.793 bits per heavy atom. The number of aryl methyl sites for hydroxylation is 2. The van der Waals surface area contributed by atoms with Crippen molar-refractivity contribution in [1.29, 1.82) is 0 Å². The minimum absolute atomic E-state index is 0.0446. The smallest absolute Gasteiger partial charge is 0.224 e. The Morgan fingerprint density at radius 2 is 1.45 bits per heavy atom. The molecule has 4 heteroatoms. The fourth-order valence-corrected chi connectivity index (χ4v) is 3.61. The summed E-state index contributed by atoms with van der Waals surface area (Å²) in [7, 11) is 0. The largest absolute Gasteiger partial charge is 0.355 e. The molecule has 0 radical (unpaired) electrons. The van der Waals surface area contributed by atoms with E-state index in [-0.39, 0.29) is 5.91 Å². The molecule has 0 spiro atoms. The van der Waals surface area contributed by atoms with Gasteiger partial charge in [0.15, 0.2) is 0 Å². The standard InChI is InChI=1S/C25H25N3O/c29-25(19-21-11-5-2-6-12-21)26-17-15-24-27-22-13-7-8-14-23(22)28(24)18-16-20-9-3-1-4-10-20/h1-14H,15-19H2,(H,26,29). The fraction of sp³-hybridized carbons (Fsp3) is 0.200. The number of hydrogen-bond acceptors (Lipinski definition) is 2. The molecular weight excluding hydrogens is 358 g/mol. The number of hydrogen-bond donors (Lipinski definition) is 1. The zero-order valence-electron chi connectivity index (χ0n) is 16.4. The van der Waals surface area contributed by atoms with Crippen molar-refractivity contribution in [2.24, 2.45) is 0 Å². The third-order valence-electron chi connectivity index (χ3n) is 5.08. The Labute approximate surface area is 171 Å². The van der Waals surface area contributed by atoms with Crippen molar-refractivity contribution in [3.63, 3.8) is 0 Å². The lowest BCUT2D eigenvalue weighted by Crippen LogP contribution is -2.28. The van der Waals surface area contributed by atoms with Crippen LogP contribution in [0, 0.1) is 0 Å². The highest BCUT2D eigenvalue weighted by molar-refractivity contribution is 5.78. The van der Waals surface area contributed by atoms with Crippen molar-refractivity contribution in [2.75, 3.05) is 6.54 Å². The van der Waals surface area contributed by atoms with Gasteiger partial charge in [-0.15, -0.1) is 0 Å². The summed E-state index contributed by atoms with van der Waals surface area (Å²) in [6.45, 7) is 1.46. The molecule has 0 aliphatic carbocycles. The van der Waals surface area contributed by atoms with Gasteiger partial charge in [-0.25, -0.2) is 4.98 Å². The molecule has 4 rings (SSSR count). The fourth-order valence-electron chi connectivity index (χ4n) is 3.61. The first-order valence-corrected chi connectivity index (χ1v) is 10.1. The number of nitrogens with one attached hydrogen (secondary N) is 1. The van der Waals surface area contributed by atoms with Crippen LogP contribution >= 0.6 is 0 Å². The molecule has 4 nitrogen and oxygen atoms in total. The second-order valence-electron chi connectivity index (χ2n) is 7.17. The first kappa shape index (κ1) is 18.9. The number of para-hydroxylation sites is 2. The summed E-state index contributed by atoms with van der Waals surface area (Å²) < 4.78 is 2.28. The molecule has 0 aliphatic rings. The lowest BCUT2D eigenvalue weighted by atomic mass is 10.1. The van der Waals surface area contributed by atoms with Gasteiger partial charge >= 0.3 is 0 Å². The second kappa shape index (κ2) is 9.20. The number of fused-ring (bicyclic) bond motifs is 1. The van der Waals surface area contributed by atoms with Gasteiger partial charge in [0, 0.05) is 19.5 Å². The molecule has 1 heterocycles. The van der Waals surface area contributed by atoms with Gasteiger partial charge in [-0.2, -0.15) is 0 Å². The Hall–Kier alpha value is -3.40. The van der Waals surface area contributed by atoms with E-state index in [9.17, 15) is 4.79 Å². The summed E-state index contributed by atoms with van der Waals surface area (Å²) in [5, 5.41) is 3.03. The molecule has 4 aromatic rings. The second-order valence-corrected chi connectivity index (χ2v) is 7.17. The predicted octanol–water partition coefficient (Wildman–Crippen LogP) is 4.18. The Balaban J connectivity index is 1.41. The molecule has 146 valence electrons. The first-order valence-electron chi connectivity index (χ1n) is 10.1. The highest BCUT2D eigenvalue weighted by atomic mass is 16.1. The van der Waals surface area contributed by atoms with E-state index >= 15 is 0 Å². The van der Waals surface area contributed by atoms with Crippen LogP contribution in [0.25, 0.3) is 11.0 Å². The molecule has 1 amide bonds. The summed E-state index contributed by atoms with van der Waals surface area (Å²) in [6, 6.07) is 28.6. The van der Waals surface area contributed by atoms with Gasteiger partial charge in [-0.1, -0.05) is 72.8 Å². The molecule has 0 saturated carbocycles.